The van der Waals surface area contributed by atoms with Crippen molar-refractivity contribution in [2.24, 2.45) is 0 Å². The quantitative estimate of drug-likeness (QED) is 0.614. The van der Waals surface area contributed by atoms with Crippen LogP contribution >= 0.6 is 11.6 Å². The molecule has 2 rings (SSSR count). The fourth-order valence-corrected chi connectivity index (χ4v) is 2.74. The molecule has 1 aromatic heterocycles. The van der Waals surface area contributed by atoms with Crippen molar-refractivity contribution in [3.05, 3.63) is 35.9 Å². The molecular weight excluding hydrogens is 398 g/mol. The summed E-state index contributed by atoms with van der Waals surface area (Å²) in [6, 6.07) is 6.55. The summed E-state index contributed by atoms with van der Waals surface area (Å²) >= 11 is 5.35. The number of hydrogen-bond acceptors (Lipinski definition) is 7. The number of methoxy groups -OCH3 is 2. The molecule has 0 aliphatic heterocycles. The number of carbonyl (C=O) groups excluding carboxylic acids is 1. The molecule has 0 atom stereocenters. The minimum Gasteiger partial charge on any atom is -0.481 e. The van der Waals surface area contributed by atoms with Crippen molar-refractivity contribution >= 4 is 39.5 Å². The number of rotatable bonds is 6. The van der Waals surface area contributed by atoms with Crippen LogP contribution in [0.4, 0.5) is 16.4 Å². The average molecular weight is 412 g/mol. The predicted octanol–water partition coefficient (Wildman–Crippen LogP) is 1.52. The van der Waals surface area contributed by atoms with E-state index in [1.165, 1.54) is 26.4 Å². The Hall–Kier alpha value is -3.23. The summed E-state index contributed by atoms with van der Waals surface area (Å²) in [7, 11) is -1.54. The van der Waals surface area contributed by atoms with E-state index in [0.29, 0.717) is 5.56 Å². The fourth-order valence-electron chi connectivity index (χ4n) is 1.82. The number of amides is 2. The molecule has 0 unspecified atom stereocenters. The third-order valence-corrected chi connectivity index (χ3v) is 3.94. The number of aromatic nitrogens is 2. The molecule has 1 aromatic carbocycles. The van der Waals surface area contributed by atoms with Crippen molar-refractivity contribution < 1.29 is 22.7 Å². The topological polar surface area (TPSA) is 132 Å². The monoisotopic (exact) mass is 411 g/mol. The number of urea groups is 1. The maximum Gasteiger partial charge on any atom is 0.336 e. The highest BCUT2D eigenvalue weighted by Gasteiger charge is 2.17. The van der Waals surface area contributed by atoms with Gasteiger partial charge in [0.2, 0.25) is 17.7 Å². The standard InChI is InChI=1S/C15H14ClN5O5S/c1-25-12-9-13(26-2)18-14(17-12)19-15(22)21-27(23,24)20-11-6-4-3-5-10(11)7-8-16/h3-6,9,20H,1-2H3,(H2,17,18,19,21,22). The molecule has 0 saturated heterocycles. The highest BCUT2D eigenvalue weighted by molar-refractivity contribution is 7.91. The molecule has 10 nitrogen and oxygen atoms in total. The van der Waals surface area contributed by atoms with Crippen molar-refractivity contribution in [2.75, 3.05) is 24.3 Å². The van der Waals surface area contributed by atoms with E-state index in [9.17, 15) is 13.2 Å². The Bertz CT molecular complexity index is 981. The van der Waals surface area contributed by atoms with Crippen LogP contribution in [0.2, 0.25) is 0 Å². The number of hydrogen-bond donors (Lipinski definition) is 3. The number of benzene rings is 1. The van der Waals surface area contributed by atoms with Gasteiger partial charge in [-0.05, 0) is 29.7 Å². The molecule has 0 aliphatic rings. The molecule has 0 aliphatic carbocycles. The second-order valence-electron chi connectivity index (χ2n) is 4.70. The molecular formula is C15H14ClN5O5S. The molecule has 3 N–H and O–H groups in total. The second-order valence-corrected chi connectivity index (χ2v) is 6.31. The van der Waals surface area contributed by atoms with Crippen molar-refractivity contribution in [1.29, 1.82) is 0 Å². The van der Waals surface area contributed by atoms with Crippen LogP contribution in [-0.2, 0) is 10.2 Å². The summed E-state index contributed by atoms with van der Waals surface area (Å²) in [5, 5.41) is 4.33. The summed E-state index contributed by atoms with van der Waals surface area (Å²) in [6.07, 6.45) is 0. The zero-order valence-electron chi connectivity index (χ0n) is 14.1. The van der Waals surface area contributed by atoms with Crippen molar-refractivity contribution in [2.45, 2.75) is 0 Å². The van der Waals surface area contributed by atoms with Crippen LogP contribution in [-0.4, -0.2) is 38.6 Å². The van der Waals surface area contributed by atoms with Gasteiger partial charge in [-0.15, -0.1) is 0 Å². The summed E-state index contributed by atoms with van der Waals surface area (Å²) in [6.45, 7) is 0. The lowest BCUT2D eigenvalue weighted by Gasteiger charge is -2.11. The summed E-state index contributed by atoms with van der Waals surface area (Å²) in [5.74, 6) is 2.55. The van der Waals surface area contributed by atoms with Gasteiger partial charge in [0.05, 0.1) is 26.0 Å². The van der Waals surface area contributed by atoms with Gasteiger partial charge in [-0.2, -0.15) is 18.4 Å². The molecule has 142 valence electrons. The molecule has 2 amide bonds. The maximum absolute atomic E-state index is 12.1. The van der Waals surface area contributed by atoms with E-state index in [1.54, 1.807) is 22.9 Å². The number of carbonyl (C=O) groups is 1. The van der Waals surface area contributed by atoms with Gasteiger partial charge >= 0.3 is 16.2 Å². The number of nitrogens with one attached hydrogen (secondary N) is 3. The lowest BCUT2D eigenvalue weighted by molar-refractivity contribution is 0.256. The van der Waals surface area contributed by atoms with Crippen LogP contribution in [0.5, 0.6) is 11.8 Å². The lowest BCUT2D eigenvalue weighted by atomic mass is 10.2. The fraction of sp³-hybridized carbons (Fsp3) is 0.133. The van der Waals surface area contributed by atoms with E-state index in [1.807, 2.05) is 0 Å². The zero-order chi connectivity index (χ0) is 19.9. The van der Waals surface area contributed by atoms with E-state index in [0.717, 1.165) is 0 Å². The Balaban J connectivity index is 2.12. The molecule has 27 heavy (non-hydrogen) atoms. The van der Waals surface area contributed by atoms with Crippen molar-refractivity contribution in [1.82, 2.24) is 14.7 Å². The van der Waals surface area contributed by atoms with Crippen LogP contribution in [0.1, 0.15) is 5.56 Å². The van der Waals surface area contributed by atoms with Gasteiger partial charge in [0.15, 0.2) is 0 Å². The van der Waals surface area contributed by atoms with Crippen LogP contribution in [0, 0.1) is 11.3 Å². The van der Waals surface area contributed by atoms with Gasteiger partial charge in [-0.25, -0.2) is 9.52 Å². The molecule has 0 fully saturated rings. The van der Waals surface area contributed by atoms with Crippen LogP contribution < -0.4 is 24.2 Å². The van der Waals surface area contributed by atoms with E-state index < -0.39 is 16.2 Å². The van der Waals surface area contributed by atoms with Gasteiger partial charge in [0, 0.05) is 10.9 Å². The van der Waals surface area contributed by atoms with Gasteiger partial charge in [-0.3, -0.25) is 10.0 Å². The highest BCUT2D eigenvalue weighted by atomic mass is 35.5. The number of nitrogens with zero attached hydrogens (tertiary/aromatic N) is 2. The van der Waals surface area contributed by atoms with E-state index in [4.69, 9.17) is 21.1 Å². The lowest BCUT2D eigenvalue weighted by Crippen LogP contribution is -2.38. The minimum absolute atomic E-state index is 0.117. The molecule has 0 radical (unpaired) electrons. The molecule has 0 spiro atoms. The summed E-state index contributed by atoms with van der Waals surface area (Å²) in [4.78, 5) is 19.7. The van der Waals surface area contributed by atoms with E-state index in [2.05, 4.69) is 31.3 Å². The van der Waals surface area contributed by atoms with E-state index in [-0.39, 0.29) is 23.4 Å². The molecule has 2 aromatic rings. The first kappa shape index (κ1) is 20.1. The predicted molar refractivity (Wildman–Crippen MR) is 99.0 cm³/mol. The first-order valence-electron chi connectivity index (χ1n) is 7.16. The number of halogens is 1. The SMILES string of the molecule is COc1cc(OC)nc(NC(=O)NS(=O)(=O)Nc2ccccc2C#CCl)n1. The Labute approximate surface area is 160 Å². The first-order chi connectivity index (χ1) is 12.9. The minimum atomic E-state index is -4.27. The van der Waals surface area contributed by atoms with Gasteiger partial charge < -0.3 is 9.47 Å². The number of ether oxygens (including phenoxy) is 2. The molecule has 0 bridgehead atoms. The second kappa shape index (κ2) is 8.93. The van der Waals surface area contributed by atoms with E-state index >= 15 is 0 Å². The van der Waals surface area contributed by atoms with Gasteiger partial charge in [0.1, 0.15) is 0 Å². The Morgan fingerprint density at radius 1 is 1.15 bits per heavy atom. The van der Waals surface area contributed by atoms with Crippen LogP contribution in [0.15, 0.2) is 30.3 Å². The molecule has 12 heteroatoms. The van der Waals surface area contributed by atoms with Crippen LogP contribution in [0.3, 0.4) is 0 Å². The zero-order valence-corrected chi connectivity index (χ0v) is 15.7. The highest BCUT2D eigenvalue weighted by Crippen LogP contribution is 2.17. The smallest absolute Gasteiger partial charge is 0.336 e. The molecule has 0 saturated carbocycles. The Kier molecular flexibility index (Phi) is 6.64. The summed E-state index contributed by atoms with van der Waals surface area (Å²) < 4.78 is 38.1. The Morgan fingerprint density at radius 3 is 2.37 bits per heavy atom. The van der Waals surface area contributed by atoms with Crippen LogP contribution in [0.25, 0.3) is 0 Å². The third-order valence-electron chi connectivity index (χ3n) is 2.90. The first-order valence-corrected chi connectivity index (χ1v) is 9.02. The largest absolute Gasteiger partial charge is 0.481 e. The number of anilines is 2. The van der Waals surface area contributed by atoms with Crippen molar-refractivity contribution in [3.8, 4) is 23.1 Å². The third kappa shape index (κ3) is 5.91. The maximum atomic E-state index is 12.1. The van der Waals surface area contributed by atoms with Gasteiger partial charge in [-0.1, -0.05) is 12.1 Å². The summed E-state index contributed by atoms with van der Waals surface area (Å²) in [5.41, 5.74) is 0.476. The van der Waals surface area contributed by atoms with Gasteiger partial charge in [0.25, 0.3) is 0 Å². The normalized spacial score (nSPS) is 10.2. The number of para-hydroxylation sites is 1. The molecule has 1 heterocycles. The Morgan fingerprint density at radius 2 is 1.78 bits per heavy atom. The average Bonchev–Trinajstić information content (AvgIpc) is 2.62. The van der Waals surface area contributed by atoms with Crippen molar-refractivity contribution in [3.63, 3.8) is 0 Å².